The molecule has 14 heavy (non-hydrogen) atoms. The lowest BCUT2D eigenvalue weighted by Gasteiger charge is -2.04. The zero-order valence-corrected chi connectivity index (χ0v) is 7.92. The maximum atomic E-state index is 5.03. The summed E-state index contributed by atoms with van der Waals surface area (Å²) in [5.74, 6) is 0.804. The van der Waals surface area contributed by atoms with E-state index in [0.717, 1.165) is 11.5 Å². The van der Waals surface area contributed by atoms with Crippen LogP contribution in [-0.2, 0) is 11.3 Å². The zero-order chi connectivity index (χ0) is 9.80. The summed E-state index contributed by atoms with van der Waals surface area (Å²) in [4.78, 5) is 0. The van der Waals surface area contributed by atoms with Crippen molar-refractivity contribution in [1.29, 1.82) is 0 Å². The molecule has 1 aromatic carbocycles. The van der Waals surface area contributed by atoms with Gasteiger partial charge in [0.1, 0.15) is 12.9 Å². The Bertz CT molecular complexity index is 397. The second kappa shape index (κ2) is 4.02. The molecule has 0 atom stereocenters. The highest BCUT2D eigenvalue weighted by Crippen LogP contribution is 2.08. The van der Waals surface area contributed by atoms with Gasteiger partial charge in [0, 0.05) is 12.8 Å². The molecule has 2 aromatic rings. The van der Waals surface area contributed by atoms with E-state index in [4.69, 9.17) is 4.74 Å². The number of nitrogens with zero attached hydrogens (tertiary/aromatic N) is 3. The predicted molar refractivity (Wildman–Crippen MR) is 52.1 cm³/mol. The third-order valence-electron chi connectivity index (χ3n) is 1.93. The molecule has 0 fully saturated rings. The van der Waals surface area contributed by atoms with E-state index in [2.05, 4.69) is 10.2 Å². The molecule has 4 heteroatoms. The summed E-state index contributed by atoms with van der Waals surface area (Å²) in [6, 6.07) is 9.94. The third kappa shape index (κ3) is 1.65. The van der Waals surface area contributed by atoms with Crippen LogP contribution in [0.5, 0.6) is 0 Å². The van der Waals surface area contributed by atoms with Gasteiger partial charge in [-0.1, -0.05) is 18.2 Å². The predicted octanol–water partition coefficient (Wildman–Crippen LogP) is 1.41. The summed E-state index contributed by atoms with van der Waals surface area (Å²) in [6.07, 6.45) is 1.68. The number of aromatic nitrogens is 3. The van der Waals surface area contributed by atoms with Crippen LogP contribution in [0.2, 0.25) is 0 Å². The molecule has 2 rings (SSSR count). The normalized spacial score (nSPS) is 10.4. The number of ether oxygens (including phenoxy) is 1. The Morgan fingerprint density at radius 2 is 2.07 bits per heavy atom. The van der Waals surface area contributed by atoms with Gasteiger partial charge in [-0.15, -0.1) is 10.2 Å². The Morgan fingerprint density at radius 1 is 1.29 bits per heavy atom. The number of benzene rings is 1. The van der Waals surface area contributed by atoms with Crippen LogP contribution >= 0.6 is 0 Å². The first-order chi connectivity index (χ1) is 6.92. The molecule has 0 saturated carbocycles. The highest BCUT2D eigenvalue weighted by Gasteiger charge is 2.04. The monoisotopic (exact) mass is 189 g/mol. The van der Waals surface area contributed by atoms with Crippen LogP contribution in [0.1, 0.15) is 5.82 Å². The minimum atomic E-state index is 0.467. The topological polar surface area (TPSA) is 39.9 Å². The van der Waals surface area contributed by atoms with Crippen molar-refractivity contribution in [3.05, 3.63) is 42.5 Å². The maximum Gasteiger partial charge on any atom is 0.163 e. The first-order valence-corrected chi connectivity index (χ1v) is 4.35. The van der Waals surface area contributed by atoms with Gasteiger partial charge >= 0.3 is 0 Å². The second-order valence-corrected chi connectivity index (χ2v) is 2.89. The van der Waals surface area contributed by atoms with E-state index < -0.39 is 0 Å². The Morgan fingerprint density at radius 3 is 2.79 bits per heavy atom. The average Bonchev–Trinajstić information content (AvgIpc) is 2.68. The van der Waals surface area contributed by atoms with Crippen LogP contribution in [-0.4, -0.2) is 21.9 Å². The van der Waals surface area contributed by atoms with Crippen LogP contribution in [0.15, 0.2) is 36.7 Å². The summed E-state index contributed by atoms with van der Waals surface area (Å²) in [6.45, 7) is 0.467. The largest absolute Gasteiger partial charge is 0.377 e. The van der Waals surface area contributed by atoms with E-state index in [1.807, 2.05) is 34.9 Å². The van der Waals surface area contributed by atoms with E-state index in [1.54, 1.807) is 13.4 Å². The Kier molecular flexibility index (Phi) is 2.55. The highest BCUT2D eigenvalue weighted by molar-refractivity contribution is 5.31. The van der Waals surface area contributed by atoms with Gasteiger partial charge in [-0.2, -0.15) is 0 Å². The molecule has 1 aromatic heterocycles. The summed E-state index contributed by atoms with van der Waals surface area (Å²) in [7, 11) is 1.64. The fourth-order valence-corrected chi connectivity index (χ4v) is 1.29. The minimum absolute atomic E-state index is 0.467. The van der Waals surface area contributed by atoms with E-state index >= 15 is 0 Å². The van der Waals surface area contributed by atoms with Gasteiger partial charge in [0.15, 0.2) is 5.82 Å². The molecule has 0 unspecified atom stereocenters. The maximum absolute atomic E-state index is 5.03. The van der Waals surface area contributed by atoms with E-state index in [-0.39, 0.29) is 0 Å². The fraction of sp³-hybridized carbons (Fsp3) is 0.200. The third-order valence-corrected chi connectivity index (χ3v) is 1.93. The van der Waals surface area contributed by atoms with Crippen molar-refractivity contribution in [2.75, 3.05) is 7.11 Å². The molecule has 0 aliphatic carbocycles. The van der Waals surface area contributed by atoms with Crippen molar-refractivity contribution < 1.29 is 4.74 Å². The SMILES string of the molecule is COCc1nncn1-c1ccccc1. The smallest absolute Gasteiger partial charge is 0.163 e. The van der Waals surface area contributed by atoms with Gasteiger partial charge in [-0.05, 0) is 12.1 Å². The van der Waals surface area contributed by atoms with Crippen LogP contribution in [0.3, 0.4) is 0 Å². The fourth-order valence-electron chi connectivity index (χ4n) is 1.29. The summed E-state index contributed by atoms with van der Waals surface area (Å²) >= 11 is 0. The molecule has 72 valence electrons. The van der Waals surface area contributed by atoms with Crippen molar-refractivity contribution >= 4 is 0 Å². The molecule has 0 radical (unpaired) electrons. The lowest BCUT2D eigenvalue weighted by atomic mass is 10.3. The Labute approximate surface area is 82.2 Å². The standard InChI is InChI=1S/C10H11N3O/c1-14-7-10-12-11-8-13(10)9-5-3-2-4-6-9/h2-6,8H,7H2,1H3. The molecular formula is C10H11N3O. The minimum Gasteiger partial charge on any atom is -0.377 e. The molecule has 4 nitrogen and oxygen atoms in total. The molecule has 1 heterocycles. The quantitative estimate of drug-likeness (QED) is 0.733. The van der Waals surface area contributed by atoms with Gasteiger partial charge in [0.2, 0.25) is 0 Å². The van der Waals surface area contributed by atoms with Gasteiger partial charge in [0.25, 0.3) is 0 Å². The van der Waals surface area contributed by atoms with Crippen LogP contribution in [0.4, 0.5) is 0 Å². The average molecular weight is 189 g/mol. The molecule has 0 bridgehead atoms. The van der Waals surface area contributed by atoms with Crippen molar-refractivity contribution in [3.8, 4) is 5.69 Å². The van der Waals surface area contributed by atoms with E-state index in [1.165, 1.54) is 0 Å². The van der Waals surface area contributed by atoms with Crippen molar-refractivity contribution in [2.24, 2.45) is 0 Å². The molecule has 0 N–H and O–H groups in total. The van der Waals surface area contributed by atoms with Crippen LogP contribution in [0, 0.1) is 0 Å². The molecule has 0 saturated heterocycles. The van der Waals surface area contributed by atoms with Gasteiger partial charge < -0.3 is 4.74 Å². The van der Waals surface area contributed by atoms with Gasteiger partial charge in [-0.3, -0.25) is 4.57 Å². The number of methoxy groups -OCH3 is 1. The zero-order valence-electron chi connectivity index (χ0n) is 7.92. The number of hydrogen-bond acceptors (Lipinski definition) is 3. The van der Waals surface area contributed by atoms with Gasteiger partial charge in [0.05, 0.1) is 0 Å². The number of hydrogen-bond donors (Lipinski definition) is 0. The van der Waals surface area contributed by atoms with Crippen LogP contribution < -0.4 is 0 Å². The lowest BCUT2D eigenvalue weighted by Crippen LogP contribution is -2.01. The first-order valence-electron chi connectivity index (χ1n) is 4.35. The number of para-hydroxylation sites is 1. The number of rotatable bonds is 3. The Balaban J connectivity index is 2.37. The molecular weight excluding hydrogens is 178 g/mol. The second-order valence-electron chi connectivity index (χ2n) is 2.89. The summed E-state index contributed by atoms with van der Waals surface area (Å²) in [5, 5.41) is 7.82. The van der Waals surface area contributed by atoms with Gasteiger partial charge in [-0.25, -0.2) is 0 Å². The summed E-state index contributed by atoms with van der Waals surface area (Å²) in [5.41, 5.74) is 1.05. The Hall–Kier alpha value is -1.68. The van der Waals surface area contributed by atoms with E-state index in [0.29, 0.717) is 6.61 Å². The first kappa shape index (κ1) is 8.90. The lowest BCUT2D eigenvalue weighted by molar-refractivity contribution is 0.176. The van der Waals surface area contributed by atoms with Crippen molar-refractivity contribution in [1.82, 2.24) is 14.8 Å². The summed E-state index contributed by atoms with van der Waals surface area (Å²) < 4.78 is 6.93. The molecule has 0 aliphatic rings. The van der Waals surface area contributed by atoms with Crippen LogP contribution in [0.25, 0.3) is 5.69 Å². The molecule has 0 amide bonds. The molecule has 0 spiro atoms. The highest BCUT2D eigenvalue weighted by atomic mass is 16.5. The molecule has 0 aliphatic heterocycles. The van der Waals surface area contributed by atoms with E-state index in [9.17, 15) is 0 Å². The van der Waals surface area contributed by atoms with Crippen molar-refractivity contribution in [2.45, 2.75) is 6.61 Å². The van der Waals surface area contributed by atoms with Crippen molar-refractivity contribution in [3.63, 3.8) is 0 Å².